The van der Waals surface area contributed by atoms with Crippen molar-refractivity contribution in [3.05, 3.63) is 47.5 Å². The standard InChI is InChI=1S/C18H21NO4/c1-20-16-5-3-4-14(18(16)21-2)12-19-11-13-6-7-15-17(10-13)23-9-8-22-15/h3-7,10,19H,8-9,11-12H2,1-2H3. The first-order valence-electron chi connectivity index (χ1n) is 7.61. The maximum Gasteiger partial charge on any atom is 0.165 e. The Bertz CT molecular complexity index is 672. The van der Waals surface area contributed by atoms with Crippen molar-refractivity contribution in [3.63, 3.8) is 0 Å². The van der Waals surface area contributed by atoms with Crippen LogP contribution in [0.4, 0.5) is 0 Å². The van der Waals surface area contributed by atoms with Crippen molar-refractivity contribution in [3.8, 4) is 23.0 Å². The molecule has 1 N–H and O–H groups in total. The van der Waals surface area contributed by atoms with Gasteiger partial charge in [-0.15, -0.1) is 0 Å². The predicted octanol–water partition coefficient (Wildman–Crippen LogP) is 2.76. The van der Waals surface area contributed by atoms with Gasteiger partial charge in [-0.3, -0.25) is 0 Å². The molecular weight excluding hydrogens is 294 g/mol. The van der Waals surface area contributed by atoms with E-state index in [4.69, 9.17) is 18.9 Å². The average Bonchev–Trinajstić information content (AvgIpc) is 2.61. The van der Waals surface area contributed by atoms with Crippen LogP contribution >= 0.6 is 0 Å². The number of benzene rings is 2. The number of methoxy groups -OCH3 is 2. The highest BCUT2D eigenvalue weighted by Crippen LogP contribution is 2.32. The lowest BCUT2D eigenvalue weighted by atomic mass is 10.1. The molecule has 0 bridgehead atoms. The van der Waals surface area contributed by atoms with Gasteiger partial charge in [0.05, 0.1) is 14.2 Å². The Balaban J connectivity index is 1.63. The predicted molar refractivity (Wildman–Crippen MR) is 87.5 cm³/mol. The first kappa shape index (κ1) is 15.5. The molecule has 0 fully saturated rings. The van der Waals surface area contributed by atoms with Crippen molar-refractivity contribution < 1.29 is 18.9 Å². The van der Waals surface area contributed by atoms with E-state index in [-0.39, 0.29) is 0 Å². The smallest absolute Gasteiger partial charge is 0.165 e. The molecule has 23 heavy (non-hydrogen) atoms. The van der Waals surface area contributed by atoms with Crippen molar-refractivity contribution >= 4 is 0 Å². The molecule has 2 aromatic carbocycles. The first-order valence-corrected chi connectivity index (χ1v) is 7.61. The van der Waals surface area contributed by atoms with Gasteiger partial charge in [-0.05, 0) is 23.8 Å². The van der Waals surface area contributed by atoms with Crippen molar-refractivity contribution in [2.45, 2.75) is 13.1 Å². The third kappa shape index (κ3) is 3.51. The third-order valence-corrected chi connectivity index (χ3v) is 3.74. The summed E-state index contributed by atoms with van der Waals surface area (Å²) in [6, 6.07) is 11.9. The Hall–Kier alpha value is -2.40. The summed E-state index contributed by atoms with van der Waals surface area (Å²) in [4.78, 5) is 0. The fourth-order valence-corrected chi connectivity index (χ4v) is 2.63. The lowest BCUT2D eigenvalue weighted by Gasteiger charge is -2.19. The van der Waals surface area contributed by atoms with Gasteiger partial charge in [0.2, 0.25) is 0 Å². The van der Waals surface area contributed by atoms with Crippen LogP contribution in [0.1, 0.15) is 11.1 Å². The van der Waals surface area contributed by atoms with E-state index in [9.17, 15) is 0 Å². The van der Waals surface area contributed by atoms with E-state index in [1.54, 1.807) is 14.2 Å². The second-order valence-corrected chi connectivity index (χ2v) is 5.23. The van der Waals surface area contributed by atoms with Crippen LogP contribution in [0.15, 0.2) is 36.4 Å². The monoisotopic (exact) mass is 315 g/mol. The van der Waals surface area contributed by atoms with Gasteiger partial charge < -0.3 is 24.3 Å². The summed E-state index contributed by atoms with van der Waals surface area (Å²) >= 11 is 0. The molecule has 0 aromatic heterocycles. The maximum absolute atomic E-state index is 5.61. The summed E-state index contributed by atoms with van der Waals surface area (Å²) in [5.41, 5.74) is 2.21. The number of hydrogen-bond acceptors (Lipinski definition) is 5. The number of fused-ring (bicyclic) bond motifs is 1. The Morgan fingerprint density at radius 1 is 0.957 bits per heavy atom. The van der Waals surface area contributed by atoms with Crippen molar-refractivity contribution in [1.82, 2.24) is 5.32 Å². The molecule has 0 spiro atoms. The summed E-state index contributed by atoms with van der Waals surface area (Å²) in [6.45, 7) is 2.64. The number of ether oxygens (including phenoxy) is 4. The van der Waals surface area contributed by atoms with Crippen LogP contribution in [-0.4, -0.2) is 27.4 Å². The fourth-order valence-electron chi connectivity index (χ4n) is 2.63. The number of para-hydroxylation sites is 1. The van der Waals surface area contributed by atoms with Crippen LogP contribution in [0.5, 0.6) is 23.0 Å². The van der Waals surface area contributed by atoms with E-state index in [2.05, 4.69) is 5.32 Å². The zero-order chi connectivity index (χ0) is 16.1. The van der Waals surface area contributed by atoms with Gasteiger partial charge in [-0.25, -0.2) is 0 Å². The minimum absolute atomic E-state index is 0.602. The number of hydrogen-bond donors (Lipinski definition) is 1. The van der Waals surface area contributed by atoms with E-state index in [0.717, 1.165) is 40.7 Å². The minimum Gasteiger partial charge on any atom is -0.493 e. The SMILES string of the molecule is COc1cccc(CNCc2ccc3c(c2)OCCO3)c1OC. The van der Waals surface area contributed by atoms with Crippen LogP contribution in [0.25, 0.3) is 0 Å². The molecular formula is C18H21NO4. The molecule has 122 valence electrons. The van der Waals surface area contributed by atoms with Crippen LogP contribution in [0.2, 0.25) is 0 Å². The second kappa shape index (κ2) is 7.24. The van der Waals surface area contributed by atoms with Gasteiger partial charge >= 0.3 is 0 Å². The third-order valence-electron chi connectivity index (χ3n) is 3.74. The Labute approximate surface area is 136 Å². The van der Waals surface area contributed by atoms with Crippen molar-refractivity contribution in [1.29, 1.82) is 0 Å². The van der Waals surface area contributed by atoms with Crippen LogP contribution in [-0.2, 0) is 13.1 Å². The lowest BCUT2D eigenvalue weighted by molar-refractivity contribution is 0.171. The topological polar surface area (TPSA) is 49.0 Å². The van der Waals surface area contributed by atoms with E-state index >= 15 is 0 Å². The summed E-state index contributed by atoms with van der Waals surface area (Å²) in [7, 11) is 3.30. The Morgan fingerprint density at radius 2 is 1.78 bits per heavy atom. The normalized spacial score (nSPS) is 12.8. The molecule has 0 aliphatic carbocycles. The van der Waals surface area contributed by atoms with Gasteiger partial charge in [0.15, 0.2) is 23.0 Å². The average molecular weight is 315 g/mol. The molecule has 5 heteroatoms. The van der Waals surface area contributed by atoms with Gasteiger partial charge in [0.1, 0.15) is 13.2 Å². The van der Waals surface area contributed by atoms with Gasteiger partial charge in [-0.2, -0.15) is 0 Å². The van der Waals surface area contributed by atoms with E-state index in [1.165, 1.54) is 0 Å². The van der Waals surface area contributed by atoms with Gasteiger partial charge in [0, 0.05) is 18.7 Å². The van der Waals surface area contributed by atoms with Crippen molar-refractivity contribution in [2.24, 2.45) is 0 Å². The van der Waals surface area contributed by atoms with Crippen LogP contribution in [0, 0.1) is 0 Å². The molecule has 0 atom stereocenters. The highest BCUT2D eigenvalue weighted by atomic mass is 16.6. The van der Waals surface area contributed by atoms with Crippen molar-refractivity contribution in [2.75, 3.05) is 27.4 Å². The van der Waals surface area contributed by atoms with E-state index < -0.39 is 0 Å². The molecule has 0 saturated carbocycles. The molecule has 1 aliphatic rings. The largest absolute Gasteiger partial charge is 0.493 e. The molecule has 0 unspecified atom stereocenters. The molecule has 0 radical (unpaired) electrons. The summed E-state index contributed by atoms with van der Waals surface area (Å²) < 4.78 is 21.9. The highest BCUT2D eigenvalue weighted by Gasteiger charge is 2.12. The molecule has 0 saturated heterocycles. The highest BCUT2D eigenvalue weighted by molar-refractivity contribution is 5.47. The second-order valence-electron chi connectivity index (χ2n) is 5.23. The van der Waals surface area contributed by atoms with Gasteiger partial charge in [-0.1, -0.05) is 18.2 Å². The zero-order valence-corrected chi connectivity index (χ0v) is 13.4. The van der Waals surface area contributed by atoms with E-state index in [1.807, 2.05) is 36.4 Å². The maximum atomic E-state index is 5.61. The number of rotatable bonds is 6. The van der Waals surface area contributed by atoms with E-state index in [0.29, 0.717) is 19.8 Å². The molecule has 5 nitrogen and oxygen atoms in total. The van der Waals surface area contributed by atoms with Crippen LogP contribution < -0.4 is 24.3 Å². The quantitative estimate of drug-likeness (QED) is 0.888. The van der Waals surface area contributed by atoms with Gasteiger partial charge in [0.25, 0.3) is 0 Å². The fraction of sp³-hybridized carbons (Fsp3) is 0.333. The molecule has 2 aromatic rings. The van der Waals surface area contributed by atoms with Crippen LogP contribution in [0.3, 0.4) is 0 Å². The molecule has 1 aliphatic heterocycles. The summed E-state index contributed by atoms with van der Waals surface area (Å²) in [5, 5.41) is 3.42. The first-order chi connectivity index (χ1) is 11.3. The number of nitrogens with one attached hydrogen (secondary N) is 1. The zero-order valence-electron chi connectivity index (χ0n) is 13.4. The molecule has 1 heterocycles. The lowest BCUT2D eigenvalue weighted by Crippen LogP contribution is -2.17. The summed E-state index contributed by atoms with van der Waals surface area (Å²) in [5.74, 6) is 3.14. The minimum atomic E-state index is 0.602. The molecule has 0 amide bonds. The Kier molecular flexibility index (Phi) is 4.88. The summed E-state index contributed by atoms with van der Waals surface area (Å²) in [6.07, 6.45) is 0. The molecule has 3 rings (SSSR count). The Morgan fingerprint density at radius 3 is 2.57 bits per heavy atom.